The maximum absolute atomic E-state index is 9.98. The molecule has 0 aliphatic carbocycles. The van der Waals surface area contributed by atoms with E-state index >= 15 is 0 Å². The molecule has 0 radical (unpaired) electrons. The van der Waals surface area contributed by atoms with E-state index < -0.39 is 43.1 Å². The third-order valence-electron chi connectivity index (χ3n) is 1.92. The maximum atomic E-state index is 9.98. The summed E-state index contributed by atoms with van der Waals surface area (Å²) in [5.41, 5.74) is 0. The van der Waals surface area contributed by atoms with Crippen molar-refractivity contribution in [3.8, 4) is 0 Å². The molecule has 116 valence electrons. The molecule has 0 aromatic rings. The molecule has 0 bridgehead atoms. The molecule has 10 nitrogen and oxygen atoms in total. The summed E-state index contributed by atoms with van der Waals surface area (Å²) in [7, 11) is 0. The fourth-order valence-electron chi connectivity index (χ4n) is 0.720. The van der Waals surface area contributed by atoms with Crippen molar-refractivity contribution in [1.82, 2.24) is 0 Å². The van der Waals surface area contributed by atoms with Crippen molar-refractivity contribution in [1.29, 1.82) is 0 Å². The molecule has 0 aromatic heterocycles. The molecular formula is C9H19NaO10. The van der Waals surface area contributed by atoms with E-state index in [2.05, 4.69) is 0 Å². The van der Waals surface area contributed by atoms with Crippen LogP contribution in [0.25, 0.3) is 0 Å². The van der Waals surface area contributed by atoms with Gasteiger partial charge in [0.1, 0.15) is 30.5 Å². The van der Waals surface area contributed by atoms with Gasteiger partial charge in [0.25, 0.3) is 0 Å². The molecule has 0 spiro atoms. The quantitative estimate of drug-likeness (QED) is 0.208. The molecule has 0 aliphatic heterocycles. The minimum Gasteiger partial charge on any atom is -0.547 e. The van der Waals surface area contributed by atoms with E-state index in [1.807, 2.05) is 0 Å². The Morgan fingerprint density at radius 2 is 1.25 bits per heavy atom. The van der Waals surface area contributed by atoms with Crippen LogP contribution >= 0.6 is 0 Å². The number of hydrogen-bond acceptors (Lipinski definition) is 10. The van der Waals surface area contributed by atoms with Crippen LogP contribution in [0.3, 0.4) is 0 Å². The Balaban J connectivity index is -0.000000352. The van der Waals surface area contributed by atoms with Gasteiger partial charge in [-0.25, -0.2) is 0 Å². The van der Waals surface area contributed by atoms with Crippen LogP contribution in [-0.4, -0.2) is 97.2 Å². The molecule has 0 aromatic carbocycles. The van der Waals surface area contributed by atoms with Gasteiger partial charge in [0, 0.05) is 0 Å². The van der Waals surface area contributed by atoms with Crippen LogP contribution in [0.15, 0.2) is 0 Å². The van der Waals surface area contributed by atoms with E-state index in [9.17, 15) is 9.90 Å². The molecule has 0 saturated carbocycles. The average Bonchev–Trinajstić information content (AvgIpc) is 2.43. The number of carbonyl (C=O) groups excluding carboxylic acids is 1. The molecule has 8 N–H and O–H groups in total. The molecule has 0 fully saturated rings. The first kappa shape index (κ1) is 25.1. The topological polar surface area (TPSA) is 202 Å². The fraction of sp³-hybridized carbons (Fsp3) is 0.889. The summed E-state index contributed by atoms with van der Waals surface area (Å²) in [5, 5.41) is 77.5. The smallest absolute Gasteiger partial charge is 0.547 e. The van der Waals surface area contributed by atoms with Crippen molar-refractivity contribution in [2.24, 2.45) is 0 Å². The van der Waals surface area contributed by atoms with Gasteiger partial charge in [-0.05, 0) is 0 Å². The van der Waals surface area contributed by atoms with Crippen molar-refractivity contribution in [2.75, 3.05) is 19.8 Å². The Morgan fingerprint density at radius 1 is 0.850 bits per heavy atom. The van der Waals surface area contributed by atoms with Crippen LogP contribution in [0.4, 0.5) is 0 Å². The summed E-state index contributed by atoms with van der Waals surface area (Å²) in [6.45, 7) is -1.59. The van der Waals surface area contributed by atoms with E-state index in [0.717, 1.165) is 0 Å². The molecule has 0 unspecified atom stereocenters. The van der Waals surface area contributed by atoms with Gasteiger partial charge in [-0.15, -0.1) is 0 Å². The number of rotatable bonds is 7. The van der Waals surface area contributed by atoms with E-state index in [0.29, 0.717) is 0 Å². The van der Waals surface area contributed by atoms with Crippen molar-refractivity contribution in [2.45, 2.75) is 30.5 Å². The minimum atomic E-state index is -2.31. The van der Waals surface area contributed by atoms with Crippen molar-refractivity contribution in [3.63, 3.8) is 0 Å². The largest absolute Gasteiger partial charge is 1.00 e. The predicted octanol–water partition coefficient (Wildman–Crippen LogP) is -9.49. The molecule has 0 heterocycles. The molecule has 0 rings (SSSR count). The van der Waals surface area contributed by atoms with Crippen molar-refractivity contribution in [3.05, 3.63) is 0 Å². The summed E-state index contributed by atoms with van der Waals surface area (Å²) >= 11 is 0. The normalized spacial score (nSPS) is 16.2. The molecular weight excluding hydrogens is 291 g/mol. The van der Waals surface area contributed by atoms with Gasteiger partial charge in [0.05, 0.1) is 25.8 Å². The average molecular weight is 310 g/mol. The van der Waals surface area contributed by atoms with Crippen LogP contribution in [0.2, 0.25) is 0 Å². The van der Waals surface area contributed by atoms with Gasteiger partial charge in [-0.3, -0.25) is 0 Å². The van der Waals surface area contributed by atoms with E-state index in [-0.39, 0.29) is 42.8 Å². The van der Waals surface area contributed by atoms with Crippen LogP contribution in [0, 0.1) is 0 Å². The van der Waals surface area contributed by atoms with Crippen LogP contribution in [0.5, 0.6) is 0 Å². The minimum absolute atomic E-state index is 0. The molecule has 0 aliphatic rings. The fourth-order valence-corrected chi connectivity index (χ4v) is 0.720. The first-order chi connectivity index (χ1) is 8.72. The summed E-state index contributed by atoms with van der Waals surface area (Å²) in [6.07, 6.45) is -9.03. The second-order valence-electron chi connectivity index (χ2n) is 3.51. The zero-order chi connectivity index (χ0) is 15.6. The monoisotopic (exact) mass is 310 g/mol. The number of aliphatic hydroxyl groups excluding tert-OH is 8. The SMILES string of the molecule is O=C([O-])[C@H](O)[C@@H](O)[C@H](O)[C@H](O)CO.OCC(O)CO.[Na+]. The Hall–Kier alpha value is 0.150. The van der Waals surface area contributed by atoms with Crippen molar-refractivity contribution < 1.29 is 80.3 Å². The van der Waals surface area contributed by atoms with Gasteiger partial charge in [-0.2, -0.15) is 0 Å². The zero-order valence-corrected chi connectivity index (χ0v) is 12.9. The van der Waals surface area contributed by atoms with Crippen LogP contribution < -0.4 is 34.7 Å². The van der Waals surface area contributed by atoms with Crippen molar-refractivity contribution >= 4 is 5.97 Å². The standard InChI is InChI=1S/C6H12O7.C3H8O3.Na/c7-1-2(8)3(9)4(10)5(11)6(12)13;4-1-3(6)2-5;/h2-5,7-11H,1H2,(H,12,13);3-6H,1-2H2;/q;;+1/p-1/t2-,3-,4+,5-;;/m1../s1. The predicted molar refractivity (Wildman–Crippen MR) is 56.3 cm³/mol. The van der Waals surface area contributed by atoms with Crippen LogP contribution in [0.1, 0.15) is 0 Å². The molecule has 4 atom stereocenters. The summed E-state index contributed by atoms with van der Waals surface area (Å²) in [4.78, 5) is 9.98. The molecule has 0 amide bonds. The Kier molecular flexibility index (Phi) is 17.7. The van der Waals surface area contributed by atoms with Gasteiger partial charge >= 0.3 is 29.6 Å². The van der Waals surface area contributed by atoms with E-state index in [4.69, 9.17) is 40.9 Å². The Morgan fingerprint density at radius 3 is 1.45 bits per heavy atom. The number of carboxylic acid groups (broad SMARTS) is 1. The number of aliphatic hydroxyl groups is 8. The third kappa shape index (κ3) is 10.9. The third-order valence-corrected chi connectivity index (χ3v) is 1.92. The number of carbonyl (C=O) groups is 1. The molecule has 11 heteroatoms. The van der Waals surface area contributed by atoms with Crippen LogP contribution in [-0.2, 0) is 4.79 Å². The van der Waals surface area contributed by atoms with Gasteiger partial charge in [-0.1, -0.05) is 0 Å². The summed E-state index contributed by atoms with van der Waals surface area (Å²) < 4.78 is 0. The second-order valence-corrected chi connectivity index (χ2v) is 3.51. The van der Waals surface area contributed by atoms with Gasteiger partial charge < -0.3 is 50.8 Å². The Labute approximate surface area is 136 Å². The number of carboxylic acids is 1. The molecule has 20 heavy (non-hydrogen) atoms. The maximum Gasteiger partial charge on any atom is 1.00 e. The molecule has 0 saturated heterocycles. The first-order valence-corrected chi connectivity index (χ1v) is 5.16. The second kappa shape index (κ2) is 14.1. The number of hydrogen-bond donors (Lipinski definition) is 8. The van der Waals surface area contributed by atoms with E-state index in [1.165, 1.54) is 0 Å². The van der Waals surface area contributed by atoms with E-state index in [1.54, 1.807) is 0 Å². The summed E-state index contributed by atoms with van der Waals surface area (Å²) in [6, 6.07) is 0. The number of aliphatic carboxylic acids is 1. The zero-order valence-electron chi connectivity index (χ0n) is 10.9. The Bertz CT molecular complexity index is 237. The first-order valence-electron chi connectivity index (χ1n) is 5.16. The summed E-state index contributed by atoms with van der Waals surface area (Å²) in [5.74, 6) is -1.98. The van der Waals surface area contributed by atoms with Gasteiger partial charge in [0.15, 0.2) is 0 Å². The van der Waals surface area contributed by atoms with Gasteiger partial charge in [0.2, 0.25) is 0 Å².